The highest BCUT2D eigenvalue weighted by molar-refractivity contribution is 6.29. The summed E-state index contributed by atoms with van der Waals surface area (Å²) in [7, 11) is 0. The van der Waals surface area contributed by atoms with Crippen molar-refractivity contribution in [3.63, 3.8) is 0 Å². The van der Waals surface area contributed by atoms with Gasteiger partial charge in [-0.3, -0.25) is 4.79 Å². The lowest BCUT2D eigenvalue weighted by atomic mass is 9.81. The fraction of sp³-hybridized carbons (Fsp3) is 0.419. The SMILES string of the molecule is Cc1cccc(C2CC(c3ccccc3)CCN2C(=O)[C@@H]2CNC[C@@H]2CCCc2cccc(Cl)n2)c1. The van der Waals surface area contributed by atoms with Crippen LogP contribution in [-0.4, -0.2) is 35.4 Å². The molecule has 1 amide bonds. The molecule has 0 aliphatic carbocycles. The second-order valence-corrected chi connectivity index (χ2v) is 10.8. The Labute approximate surface area is 220 Å². The number of halogens is 1. The van der Waals surface area contributed by atoms with Crippen molar-refractivity contribution in [3.05, 3.63) is 100 Å². The molecule has 1 aromatic heterocycles. The number of aromatic nitrogens is 1. The van der Waals surface area contributed by atoms with Crippen LogP contribution in [-0.2, 0) is 11.2 Å². The molecule has 0 saturated carbocycles. The third-order valence-electron chi connectivity index (χ3n) is 8.02. The van der Waals surface area contributed by atoms with Gasteiger partial charge in [0.05, 0.1) is 12.0 Å². The number of pyridine rings is 1. The van der Waals surface area contributed by atoms with E-state index in [1.165, 1.54) is 16.7 Å². The molecule has 1 N–H and O–H groups in total. The van der Waals surface area contributed by atoms with E-state index >= 15 is 0 Å². The number of rotatable bonds is 7. The van der Waals surface area contributed by atoms with Crippen molar-refractivity contribution in [2.24, 2.45) is 11.8 Å². The predicted molar refractivity (Wildman–Crippen MR) is 146 cm³/mol. The largest absolute Gasteiger partial charge is 0.335 e. The average molecular weight is 502 g/mol. The van der Waals surface area contributed by atoms with Crippen LogP contribution in [0.4, 0.5) is 0 Å². The molecule has 2 aliphatic heterocycles. The Balaban J connectivity index is 1.30. The number of likely N-dealkylation sites (tertiary alicyclic amines) is 1. The molecule has 3 heterocycles. The van der Waals surface area contributed by atoms with Gasteiger partial charge in [0.25, 0.3) is 0 Å². The molecule has 5 heteroatoms. The van der Waals surface area contributed by atoms with E-state index in [2.05, 4.69) is 76.7 Å². The molecule has 2 aliphatic rings. The van der Waals surface area contributed by atoms with Crippen LogP contribution in [0.3, 0.4) is 0 Å². The zero-order chi connectivity index (χ0) is 24.9. The van der Waals surface area contributed by atoms with Gasteiger partial charge < -0.3 is 10.2 Å². The summed E-state index contributed by atoms with van der Waals surface area (Å²) in [6, 6.07) is 25.5. The van der Waals surface area contributed by atoms with Gasteiger partial charge in [-0.2, -0.15) is 0 Å². The summed E-state index contributed by atoms with van der Waals surface area (Å²) in [5.41, 5.74) is 4.92. The maximum absolute atomic E-state index is 14.1. The molecule has 4 atom stereocenters. The Morgan fingerprint density at radius 1 is 1.03 bits per heavy atom. The van der Waals surface area contributed by atoms with E-state index < -0.39 is 0 Å². The molecular formula is C31H36ClN3O. The van der Waals surface area contributed by atoms with Crippen molar-refractivity contribution < 1.29 is 4.79 Å². The van der Waals surface area contributed by atoms with Gasteiger partial charge in [0.15, 0.2) is 0 Å². The summed E-state index contributed by atoms with van der Waals surface area (Å²) in [4.78, 5) is 20.7. The zero-order valence-electron chi connectivity index (χ0n) is 21.1. The van der Waals surface area contributed by atoms with Gasteiger partial charge in [-0.25, -0.2) is 4.98 Å². The molecule has 3 aromatic rings. The number of carbonyl (C=O) groups excluding carboxylic acids is 1. The van der Waals surface area contributed by atoms with Crippen LogP contribution in [0, 0.1) is 18.8 Å². The molecular weight excluding hydrogens is 466 g/mol. The molecule has 36 heavy (non-hydrogen) atoms. The number of hydrogen-bond acceptors (Lipinski definition) is 3. The summed E-state index contributed by atoms with van der Waals surface area (Å²) in [6.07, 6.45) is 4.92. The van der Waals surface area contributed by atoms with E-state index in [0.717, 1.165) is 57.4 Å². The number of nitrogens with zero attached hydrogens (tertiary/aromatic N) is 2. The molecule has 2 aromatic carbocycles. The normalized spacial score (nSPS) is 24.1. The number of amides is 1. The second-order valence-electron chi connectivity index (χ2n) is 10.5. The Kier molecular flexibility index (Phi) is 8.03. The van der Waals surface area contributed by atoms with Crippen LogP contribution >= 0.6 is 11.6 Å². The molecule has 5 rings (SSSR count). The minimum Gasteiger partial charge on any atom is -0.335 e. The molecule has 4 nitrogen and oxygen atoms in total. The summed E-state index contributed by atoms with van der Waals surface area (Å²) in [6.45, 7) is 4.64. The van der Waals surface area contributed by atoms with E-state index in [1.54, 1.807) is 0 Å². The lowest BCUT2D eigenvalue weighted by Gasteiger charge is -2.42. The maximum atomic E-state index is 14.1. The van der Waals surface area contributed by atoms with Gasteiger partial charge in [-0.1, -0.05) is 77.8 Å². The lowest BCUT2D eigenvalue weighted by molar-refractivity contribution is -0.140. The molecule has 2 unspecified atom stereocenters. The fourth-order valence-corrected chi connectivity index (χ4v) is 6.31. The van der Waals surface area contributed by atoms with Gasteiger partial charge in [0, 0.05) is 18.8 Å². The summed E-state index contributed by atoms with van der Waals surface area (Å²) in [5, 5.41) is 4.06. The van der Waals surface area contributed by atoms with Gasteiger partial charge in [-0.15, -0.1) is 0 Å². The van der Waals surface area contributed by atoms with E-state index in [0.29, 0.717) is 22.9 Å². The number of piperidine rings is 1. The van der Waals surface area contributed by atoms with Crippen LogP contribution in [0.1, 0.15) is 60.0 Å². The Hall–Kier alpha value is -2.69. The van der Waals surface area contributed by atoms with E-state index in [4.69, 9.17) is 11.6 Å². The third kappa shape index (κ3) is 5.82. The van der Waals surface area contributed by atoms with E-state index in [9.17, 15) is 4.79 Å². The first-order chi connectivity index (χ1) is 17.6. The van der Waals surface area contributed by atoms with Crippen molar-refractivity contribution in [2.75, 3.05) is 19.6 Å². The topological polar surface area (TPSA) is 45.2 Å². The quantitative estimate of drug-likeness (QED) is 0.384. The van der Waals surface area contributed by atoms with E-state index in [1.807, 2.05) is 18.2 Å². The molecule has 0 bridgehead atoms. The summed E-state index contributed by atoms with van der Waals surface area (Å²) < 4.78 is 0. The van der Waals surface area contributed by atoms with Crippen molar-refractivity contribution in [1.82, 2.24) is 15.2 Å². The maximum Gasteiger partial charge on any atom is 0.227 e. The Bertz CT molecular complexity index is 1170. The Morgan fingerprint density at radius 3 is 2.64 bits per heavy atom. The van der Waals surface area contributed by atoms with Gasteiger partial charge in [-0.05, 0) is 80.7 Å². The van der Waals surface area contributed by atoms with Crippen molar-refractivity contribution in [3.8, 4) is 0 Å². The first-order valence-electron chi connectivity index (χ1n) is 13.3. The molecule has 2 saturated heterocycles. The monoisotopic (exact) mass is 501 g/mol. The second kappa shape index (κ2) is 11.6. The Morgan fingerprint density at radius 2 is 1.83 bits per heavy atom. The lowest BCUT2D eigenvalue weighted by Crippen LogP contribution is -2.45. The standard InChI is InChI=1S/C31H36ClN3O/c1-22-8-5-11-25(18-22)29-19-24(23-9-3-2-4-10-23)16-17-35(29)31(36)28-21-33-20-26(28)12-6-13-27-14-7-15-30(32)34-27/h2-5,7-11,14-15,18,24,26,28-29,33H,6,12-13,16-17,19-21H2,1H3/t24?,26-,28+,29?/m0/s1. The van der Waals surface area contributed by atoms with Crippen molar-refractivity contribution in [1.29, 1.82) is 0 Å². The van der Waals surface area contributed by atoms with Gasteiger partial charge >= 0.3 is 0 Å². The number of nitrogens with one attached hydrogen (secondary N) is 1. The zero-order valence-corrected chi connectivity index (χ0v) is 21.8. The highest BCUT2D eigenvalue weighted by Crippen LogP contribution is 2.41. The number of aryl methyl sites for hydroxylation is 2. The average Bonchev–Trinajstić information content (AvgIpc) is 3.37. The van der Waals surface area contributed by atoms with Crippen LogP contribution in [0.5, 0.6) is 0 Å². The minimum atomic E-state index is 0.0397. The summed E-state index contributed by atoms with van der Waals surface area (Å²) >= 11 is 6.05. The first kappa shape index (κ1) is 25.0. The van der Waals surface area contributed by atoms with Crippen LogP contribution < -0.4 is 5.32 Å². The fourth-order valence-electron chi connectivity index (χ4n) is 6.12. The van der Waals surface area contributed by atoms with Gasteiger partial charge in [0.2, 0.25) is 5.91 Å². The summed E-state index contributed by atoms with van der Waals surface area (Å²) in [5.74, 6) is 1.20. The van der Waals surface area contributed by atoms with E-state index in [-0.39, 0.29) is 12.0 Å². The molecule has 0 spiro atoms. The number of carbonyl (C=O) groups is 1. The van der Waals surface area contributed by atoms with Crippen LogP contribution in [0.2, 0.25) is 5.15 Å². The van der Waals surface area contributed by atoms with Crippen molar-refractivity contribution >= 4 is 17.5 Å². The number of hydrogen-bond donors (Lipinski definition) is 1. The van der Waals surface area contributed by atoms with Crippen LogP contribution in [0.25, 0.3) is 0 Å². The third-order valence-corrected chi connectivity index (χ3v) is 8.23. The molecule has 2 fully saturated rings. The smallest absolute Gasteiger partial charge is 0.227 e. The van der Waals surface area contributed by atoms with Crippen LogP contribution in [0.15, 0.2) is 72.8 Å². The number of benzene rings is 2. The highest BCUT2D eigenvalue weighted by atomic mass is 35.5. The van der Waals surface area contributed by atoms with Gasteiger partial charge in [0.1, 0.15) is 5.15 Å². The minimum absolute atomic E-state index is 0.0397. The molecule has 0 radical (unpaired) electrons. The van der Waals surface area contributed by atoms with Crippen molar-refractivity contribution in [2.45, 2.75) is 51.0 Å². The first-order valence-corrected chi connectivity index (χ1v) is 13.7. The predicted octanol–water partition coefficient (Wildman–Crippen LogP) is 6.35. The molecule has 188 valence electrons. The highest BCUT2D eigenvalue weighted by Gasteiger charge is 2.40.